The standard InChI is InChI=1S/C14H12FN5O3/c1-22-14(21)7-2-3-9(15)8(4-7)6-23-10-5-11(16)17-13-12(10)18-20-19-13/h2-5H,6H2,1H3,(H3,16,17,18,19,20). The molecule has 0 aliphatic rings. The molecule has 0 aliphatic carbocycles. The monoisotopic (exact) mass is 317 g/mol. The van der Waals surface area contributed by atoms with Gasteiger partial charge in [0, 0.05) is 11.6 Å². The zero-order valence-corrected chi connectivity index (χ0v) is 12.0. The van der Waals surface area contributed by atoms with Crippen LogP contribution in [0.4, 0.5) is 10.2 Å². The van der Waals surface area contributed by atoms with Gasteiger partial charge in [-0.25, -0.2) is 14.2 Å². The molecule has 0 atom stereocenters. The largest absolute Gasteiger partial charge is 0.486 e. The Balaban J connectivity index is 1.87. The van der Waals surface area contributed by atoms with E-state index in [9.17, 15) is 9.18 Å². The maximum absolute atomic E-state index is 13.9. The molecule has 3 N–H and O–H groups in total. The van der Waals surface area contributed by atoms with Crippen LogP contribution in [0.2, 0.25) is 0 Å². The molecule has 0 radical (unpaired) electrons. The van der Waals surface area contributed by atoms with Gasteiger partial charge in [0.25, 0.3) is 0 Å². The molecular weight excluding hydrogens is 305 g/mol. The van der Waals surface area contributed by atoms with E-state index in [4.69, 9.17) is 10.5 Å². The summed E-state index contributed by atoms with van der Waals surface area (Å²) in [6.07, 6.45) is 0. The van der Waals surface area contributed by atoms with E-state index in [1.807, 2.05) is 0 Å². The maximum Gasteiger partial charge on any atom is 0.337 e. The summed E-state index contributed by atoms with van der Waals surface area (Å²) in [6, 6.07) is 5.35. The molecule has 118 valence electrons. The molecule has 9 heteroatoms. The Bertz CT molecular complexity index is 880. The van der Waals surface area contributed by atoms with Crippen molar-refractivity contribution in [3.63, 3.8) is 0 Å². The Morgan fingerprint density at radius 2 is 2.17 bits per heavy atom. The summed E-state index contributed by atoms with van der Waals surface area (Å²) in [6.45, 7) is -0.123. The van der Waals surface area contributed by atoms with Crippen LogP contribution >= 0.6 is 0 Å². The van der Waals surface area contributed by atoms with Crippen LogP contribution in [0.1, 0.15) is 15.9 Å². The summed E-state index contributed by atoms with van der Waals surface area (Å²) in [5, 5.41) is 10.1. The molecule has 0 bridgehead atoms. The van der Waals surface area contributed by atoms with Crippen LogP contribution in [0.3, 0.4) is 0 Å². The minimum absolute atomic E-state index is 0.123. The highest BCUT2D eigenvalue weighted by atomic mass is 19.1. The molecule has 0 saturated carbocycles. The zero-order valence-electron chi connectivity index (χ0n) is 12.0. The van der Waals surface area contributed by atoms with Gasteiger partial charge in [-0.05, 0) is 18.2 Å². The lowest BCUT2D eigenvalue weighted by Crippen LogP contribution is -2.05. The molecule has 0 amide bonds. The fourth-order valence-electron chi connectivity index (χ4n) is 2.02. The lowest BCUT2D eigenvalue weighted by atomic mass is 10.1. The van der Waals surface area contributed by atoms with Crippen molar-refractivity contribution < 1.29 is 18.7 Å². The number of carbonyl (C=O) groups excluding carboxylic acids is 1. The first-order valence-corrected chi connectivity index (χ1v) is 6.55. The van der Waals surface area contributed by atoms with Gasteiger partial charge in [0.05, 0.1) is 12.7 Å². The molecular formula is C14H12FN5O3. The van der Waals surface area contributed by atoms with Crippen molar-refractivity contribution in [3.8, 4) is 5.75 Å². The van der Waals surface area contributed by atoms with Gasteiger partial charge >= 0.3 is 5.97 Å². The predicted octanol–water partition coefficient (Wildman–Crippen LogP) is 1.44. The molecule has 3 rings (SSSR count). The summed E-state index contributed by atoms with van der Waals surface area (Å²) in [4.78, 5) is 15.5. The van der Waals surface area contributed by atoms with Crippen molar-refractivity contribution in [1.29, 1.82) is 0 Å². The van der Waals surface area contributed by atoms with Crippen LogP contribution in [-0.2, 0) is 11.3 Å². The number of benzene rings is 1. The summed E-state index contributed by atoms with van der Waals surface area (Å²) < 4.78 is 24.0. The molecule has 3 aromatic rings. The highest BCUT2D eigenvalue weighted by Crippen LogP contribution is 2.24. The Morgan fingerprint density at radius 3 is 2.96 bits per heavy atom. The number of fused-ring (bicyclic) bond motifs is 1. The van der Waals surface area contributed by atoms with Gasteiger partial charge in [-0.1, -0.05) is 0 Å². The van der Waals surface area contributed by atoms with Gasteiger partial charge in [-0.15, -0.1) is 5.10 Å². The smallest absolute Gasteiger partial charge is 0.337 e. The van der Waals surface area contributed by atoms with Crippen molar-refractivity contribution in [2.45, 2.75) is 6.61 Å². The third-order valence-corrected chi connectivity index (χ3v) is 3.13. The number of aromatic nitrogens is 4. The lowest BCUT2D eigenvalue weighted by Gasteiger charge is -2.09. The number of hydrogen-bond donors (Lipinski definition) is 2. The van der Waals surface area contributed by atoms with Gasteiger partial charge in [-0.2, -0.15) is 10.3 Å². The number of aromatic amines is 1. The second kappa shape index (κ2) is 5.87. The lowest BCUT2D eigenvalue weighted by molar-refractivity contribution is 0.0600. The molecule has 0 unspecified atom stereocenters. The Morgan fingerprint density at radius 1 is 1.35 bits per heavy atom. The van der Waals surface area contributed by atoms with E-state index >= 15 is 0 Å². The number of halogens is 1. The highest BCUT2D eigenvalue weighted by Gasteiger charge is 2.13. The fraction of sp³-hybridized carbons (Fsp3) is 0.143. The van der Waals surface area contributed by atoms with Crippen LogP contribution in [0.5, 0.6) is 5.75 Å². The number of rotatable bonds is 4. The molecule has 0 aliphatic heterocycles. The molecule has 8 nitrogen and oxygen atoms in total. The maximum atomic E-state index is 13.9. The average Bonchev–Trinajstić information content (AvgIpc) is 3.01. The number of hydrogen-bond acceptors (Lipinski definition) is 7. The highest BCUT2D eigenvalue weighted by molar-refractivity contribution is 5.89. The van der Waals surface area contributed by atoms with Gasteiger partial charge in [0.2, 0.25) is 5.65 Å². The van der Waals surface area contributed by atoms with Crippen LogP contribution in [-0.4, -0.2) is 33.5 Å². The van der Waals surface area contributed by atoms with E-state index in [2.05, 4.69) is 25.1 Å². The normalized spacial score (nSPS) is 10.7. The zero-order chi connectivity index (χ0) is 16.4. The first-order chi connectivity index (χ1) is 11.1. The van der Waals surface area contributed by atoms with E-state index < -0.39 is 11.8 Å². The average molecular weight is 317 g/mol. The number of H-pyrrole nitrogens is 1. The van der Waals surface area contributed by atoms with E-state index in [-0.39, 0.29) is 23.6 Å². The number of nitrogens with zero attached hydrogens (tertiary/aromatic N) is 3. The van der Waals surface area contributed by atoms with E-state index in [1.54, 1.807) is 0 Å². The summed E-state index contributed by atoms with van der Waals surface area (Å²) in [5.74, 6) is -0.552. The van der Waals surface area contributed by atoms with E-state index in [0.717, 1.165) is 0 Å². The number of methoxy groups -OCH3 is 1. The second-order valence-corrected chi connectivity index (χ2v) is 4.63. The molecule has 2 aromatic heterocycles. The number of ether oxygens (including phenoxy) is 2. The molecule has 2 heterocycles. The third-order valence-electron chi connectivity index (χ3n) is 3.13. The van der Waals surface area contributed by atoms with Crippen molar-refractivity contribution in [2.75, 3.05) is 12.8 Å². The topological polar surface area (TPSA) is 116 Å². The summed E-state index contributed by atoms with van der Waals surface area (Å²) in [7, 11) is 1.25. The van der Waals surface area contributed by atoms with E-state index in [1.165, 1.54) is 31.4 Å². The molecule has 23 heavy (non-hydrogen) atoms. The van der Waals surface area contributed by atoms with Crippen molar-refractivity contribution in [2.24, 2.45) is 0 Å². The molecule has 0 fully saturated rings. The predicted molar refractivity (Wildman–Crippen MR) is 78.2 cm³/mol. The summed E-state index contributed by atoms with van der Waals surface area (Å²) in [5.41, 5.74) is 6.75. The van der Waals surface area contributed by atoms with Crippen LogP contribution in [0.15, 0.2) is 24.3 Å². The molecule has 0 saturated heterocycles. The first kappa shape index (κ1) is 14.7. The number of nitrogens with one attached hydrogen (secondary N) is 1. The quantitative estimate of drug-likeness (QED) is 0.699. The first-order valence-electron chi connectivity index (χ1n) is 6.55. The van der Waals surface area contributed by atoms with Gasteiger partial charge in [0.1, 0.15) is 18.2 Å². The molecule has 0 spiro atoms. The van der Waals surface area contributed by atoms with Crippen molar-refractivity contribution >= 4 is 23.0 Å². The minimum atomic E-state index is -0.557. The van der Waals surface area contributed by atoms with E-state index in [0.29, 0.717) is 16.9 Å². The van der Waals surface area contributed by atoms with Crippen molar-refractivity contribution in [1.82, 2.24) is 20.4 Å². The second-order valence-electron chi connectivity index (χ2n) is 4.63. The summed E-state index contributed by atoms with van der Waals surface area (Å²) >= 11 is 0. The Labute approximate surface area is 129 Å². The number of carbonyl (C=O) groups is 1. The van der Waals surface area contributed by atoms with Crippen LogP contribution < -0.4 is 10.5 Å². The Kier molecular flexibility index (Phi) is 3.75. The fourth-order valence-corrected chi connectivity index (χ4v) is 2.02. The third kappa shape index (κ3) is 2.89. The van der Waals surface area contributed by atoms with Crippen LogP contribution in [0.25, 0.3) is 11.2 Å². The Hall–Kier alpha value is -3.23. The number of esters is 1. The minimum Gasteiger partial charge on any atom is -0.486 e. The van der Waals surface area contributed by atoms with Gasteiger partial charge in [0.15, 0.2) is 11.3 Å². The number of pyridine rings is 1. The number of nitrogens with two attached hydrogens (primary N) is 1. The SMILES string of the molecule is COC(=O)c1ccc(F)c(COc2cc(N)nc3n[nH]nc23)c1. The number of nitrogen functional groups attached to an aromatic ring is 1. The molecule has 1 aromatic carbocycles. The van der Waals surface area contributed by atoms with Crippen molar-refractivity contribution in [3.05, 3.63) is 41.2 Å². The number of anilines is 1. The van der Waals surface area contributed by atoms with Crippen LogP contribution in [0, 0.1) is 5.82 Å². The van der Waals surface area contributed by atoms with Gasteiger partial charge in [-0.3, -0.25) is 0 Å². The van der Waals surface area contributed by atoms with Gasteiger partial charge < -0.3 is 15.2 Å².